The van der Waals surface area contributed by atoms with E-state index in [1.165, 1.54) is 24.3 Å². The summed E-state index contributed by atoms with van der Waals surface area (Å²) in [5.41, 5.74) is 4.33. The second-order valence-corrected chi connectivity index (χ2v) is 4.66. The van der Waals surface area contributed by atoms with E-state index in [9.17, 15) is 9.18 Å². The number of rotatable bonds is 5. The van der Waals surface area contributed by atoms with Gasteiger partial charge in [-0.15, -0.1) is 0 Å². The average molecular weight is 311 g/mol. The van der Waals surface area contributed by atoms with Gasteiger partial charge in [-0.2, -0.15) is 10.4 Å². The quantitative estimate of drug-likeness (QED) is 0.681. The summed E-state index contributed by atoms with van der Waals surface area (Å²) in [4.78, 5) is 11.7. The van der Waals surface area contributed by atoms with Crippen LogP contribution in [0.5, 0.6) is 5.75 Å². The molecule has 0 radical (unpaired) electrons. The predicted octanol–water partition coefficient (Wildman–Crippen LogP) is 2.62. The first-order valence-corrected chi connectivity index (χ1v) is 6.80. The fourth-order valence-corrected chi connectivity index (χ4v) is 1.71. The van der Waals surface area contributed by atoms with Gasteiger partial charge in [-0.25, -0.2) is 9.82 Å². The van der Waals surface area contributed by atoms with Crippen molar-refractivity contribution < 1.29 is 13.9 Å². The first-order valence-electron chi connectivity index (χ1n) is 6.80. The third-order valence-corrected chi connectivity index (χ3v) is 2.96. The normalized spacial score (nSPS) is 10.7. The summed E-state index contributed by atoms with van der Waals surface area (Å²) in [5.74, 6) is -0.402. The standard InChI is InChI=1S/C17H14FN3O2/c1-12(14-4-2-13(10-19)3-5-14)20-21-17(22)11-23-16-8-6-15(18)7-9-16/h2-9H,11H2,1H3,(H,21,22)/b20-12+. The van der Waals surface area contributed by atoms with E-state index in [1.807, 2.05) is 6.07 Å². The molecule has 2 aromatic rings. The van der Waals surface area contributed by atoms with Crippen molar-refractivity contribution >= 4 is 11.6 Å². The molecular weight excluding hydrogens is 297 g/mol. The number of benzene rings is 2. The minimum atomic E-state index is -0.428. The maximum atomic E-state index is 12.7. The molecule has 0 saturated heterocycles. The summed E-state index contributed by atoms with van der Waals surface area (Å²) in [5, 5.41) is 12.7. The maximum Gasteiger partial charge on any atom is 0.277 e. The first kappa shape index (κ1) is 16.2. The lowest BCUT2D eigenvalue weighted by atomic mass is 10.1. The first-order chi connectivity index (χ1) is 11.1. The largest absolute Gasteiger partial charge is 0.484 e. The van der Waals surface area contributed by atoms with Crippen LogP contribution in [0.1, 0.15) is 18.1 Å². The van der Waals surface area contributed by atoms with Gasteiger partial charge >= 0.3 is 0 Å². The van der Waals surface area contributed by atoms with Crippen molar-refractivity contribution in [3.8, 4) is 11.8 Å². The van der Waals surface area contributed by atoms with E-state index in [0.29, 0.717) is 17.0 Å². The molecular formula is C17H14FN3O2. The minimum Gasteiger partial charge on any atom is -0.484 e. The van der Waals surface area contributed by atoms with Gasteiger partial charge < -0.3 is 4.74 Å². The van der Waals surface area contributed by atoms with E-state index in [1.54, 1.807) is 31.2 Å². The van der Waals surface area contributed by atoms with Crippen molar-refractivity contribution in [2.75, 3.05) is 6.61 Å². The Bertz CT molecular complexity index is 747. The zero-order valence-electron chi connectivity index (χ0n) is 12.4. The molecule has 1 N–H and O–H groups in total. The summed E-state index contributed by atoms with van der Waals surface area (Å²) < 4.78 is 17.9. The number of hydrogen-bond donors (Lipinski definition) is 1. The maximum absolute atomic E-state index is 12.7. The van der Waals surface area contributed by atoms with Gasteiger partial charge in [-0.1, -0.05) is 12.1 Å². The van der Waals surface area contributed by atoms with E-state index < -0.39 is 5.91 Å². The highest BCUT2D eigenvalue weighted by Gasteiger charge is 2.03. The number of amides is 1. The van der Waals surface area contributed by atoms with Crippen LogP contribution in [0.25, 0.3) is 0 Å². The molecule has 1 amide bonds. The van der Waals surface area contributed by atoms with Crippen LogP contribution in [0.3, 0.4) is 0 Å². The van der Waals surface area contributed by atoms with E-state index in [4.69, 9.17) is 10.00 Å². The van der Waals surface area contributed by atoms with E-state index in [0.717, 1.165) is 5.56 Å². The van der Waals surface area contributed by atoms with Gasteiger partial charge in [-0.05, 0) is 48.9 Å². The third-order valence-electron chi connectivity index (χ3n) is 2.96. The predicted molar refractivity (Wildman–Crippen MR) is 83.4 cm³/mol. The number of carbonyl (C=O) groups excluding carboxylic acids is 1. The zero-order chi connectivity index (χ0) is 16.7. The van der Waals surface area contributed by atoms with Crippen molar-refractivity contribution in [2.45, 2.75) is 6.92 Å². The summed E-state index contributed by atoms with van der Waals surface area (Å²) in [7, 11) is 0. The number of nitriles is 1. The van der Waals surface area contributed by atoms with Crippen molar-refractivity contribution in [3.05, 3.63) is 65.5 Å². The fraction of sp³-hybridized carbons (Fsp3) is 0.118. The summed E-state index contributed by atoms with van der Waals surface area (Å²) in [6.07, 6.45) is 0. The van der Waals surface area contributed by atoms with Gasteiger partial charge in [0.1, 0.15) is 11.6 Å². The molecule has 0 aliphatic rings. The molecule has 0 fully saturated rings. The lowest BCUT2D eigenvalue weighted by Gasteiger charge is -2.06. The Kier molecular flexibility index (Phi) is 5.42. The van der Waals surface area contributed by atoms with Crippen LogP contribution in [-0.2, 0) is 4.79 Å². The Balaban J connectivity index is 1.86. The van der Waals surface area contributed by atoms with Crippen molar-refractivity contribution in [3.63, 3.8) is 0 Å². The van der Waals surface area contributed by atoms with Crippen LogP contribution in [0.4, 0.5) is 4.39 Å². The average Bonchev–Trinajstić information content (AvgIpc) is 2.59. The molecule has 0 unspecified atom stereocenters. The molecule has 0 spiro atoms. The molecule has 0 bridgehead atoms. The van der Waals surface area contributed by atoms with Gasteiger partial charge in [-0.3, -0.25) is 4.79 Å². The van der Waals surface area contributed by atoms with E-state index in [-0.39, 0.29) is 12.4 Å². The van der Waals surface area contributed by atoms with Crippen LogP contribution in [0.2, 0.25) is 0 Å². The molecule has 0 atom stereocenters. The van der Waals surface area contributed by atoms with Crippen molar-refractivity contribution in [2.24, 2.45) is 5.10 Å². The molecule has 5 nitrogen and oxygen atoms in total. The van der Waals surface area contributed by atoms with Gasteiger partial charge in [0.25, 0.3) is 5.91 Å². The van der Waals surface area contributed by atoms with Crippen molar-refractivity contribution in [1.29, 1.82) is 5.26 Å². The molecule has 23 heavy (non-hydrogen) atoms. The van der Waals surface area contributed by atoms with Crippen molar-refractivity contribution in [1.82, 2.24) is 5.43 Å². The summed E-state index contributed by atoms with van der Waals surface area (Å²) in [6.45, 7) is 1.51. The Hall–Kier alpha value is -3.20. The highest BCUT2D eigenvalue weighted by Crippen LogP contribution is 2.10. The Labute approximate surface area is 133 Å². The number of carbonyl (C=O) groups is 1. The fourth-order valence-electron chi connectivity index (χ4n) is 1.71. The molecule has 0 aliphatic carbocycles. The van der Waals surface area contributed by atoms with Crippen LogP contribution in [0.15, 0.2) is 53.6 Å². The topological polar surface area (TPSA) is 74.5 Å². The Morgan fingerprint density at radius 1 is 1.22 bits per heavy atom. The molecule has 2 rings (SSSR count). The summed E-state index contributed by atoms with van der Waals surface area (Å²) >= 11 is 0. The van der Waals surface area contributed by atoms with Gasteiger partial charge in [0.15, 0.2) is 6.61 Å². The monoisotopic (exact) mass is 311 g/mol. The van der Waals surface area contributed by atoms with Crippen LogP contribution in [-0.4, -0.2) is 18.2 Å². The number of nitrogens with one attached hydrogen (secondary N) is 1. The molecule has 0 heterocycles. The van der Waals surface area contributed by atoms with Gasteiger partial charge in [0.2, 0.25) is 0 Å². The lowest BCUT2D eigenvalue weighted by Crippen LogP contribution is -2.25. The van der Waals surface area contributed by atoms with Gasteiger partial charge in [0.05, 0.1) is 17.3 Å². The Morgan fingerprint density at radius 3 is 2.48 bits per heavy atom. The molecule has 116 valence electrons. The Morgan fingerprint density at radius 2 is 1.87 bits per heavy atom. The van der Waals surface area contributed by atoms with Crippen LogP contribution < -0.4 is 10.2 Å². The minimum absolute atomic E-state index is 0.226. The molecule has 0 aromatic heterocycles. The second kappa shape index (κ2) is 7.71. The number of hydrazone groups is 1. The zero-order valence-corrected chi connectivity index (χ0v) is 12.4. The van der Waals surface area contributed by atoms with Crippen LogP contribution >= 0.6 is 0 Å². The lowest BCUT2D eigenvalue weighted by molar-refractivity contribution is -0.123. The molecule has 6 heteroatoms. The number of hydrogen-bond acceptors (Lipinski definition) is 4. The number of ether oxygens (including phenoxy) is 1. The van der Waals surface area contributed by atoms with Crippen LogP contribution in [0, 0.1) is 17.1 Å². The van der Waals surface area contributed by atoms with E-state index in [2.05, 4.69) is 10.5 Å². The second-order valence-electron chi connectivity index (χ2n) is 4.66. The molecule has 2 aromatic carbocycles. The third kappa shape index (κ3) is 4.93. The molecule has 0 aliphatic heterocycles. The highest BCUT2D eigenvalue weighted by atomic mass is 19.1. The smallest absolute Gasteiger partial charge is 0.277 e. The van der Waals surface area contributed by atoms with Gasteiger partial charge in [0, 0.05) is 0 Å². The summed E-state index contributed by atoms with van der Waals surface area (Å²) in [6, 6.07) is 14.3. The van der Waals surface area contributed by atoms with E-state index >= 15 is 0 Å². The highest BCUT2D eigenvalue weighted by molar-refractivity contribution is 5.99. The SMILES string of the molecule is C/C(=N\NC(=O)COc1ccc(F)cc1)c1ccc(C#N)cc1. The number of halogens is 1. The molecule has 0 saturated carbocycles. The number of nitrogens with zero attached hydrogens (tertiary/aromatic N) is 2.